The molecule has 1 unspecified atom stereocenters. The van der Waals surface area contributed by atoms with E-state index in [0.717, 1.165) is 23.4 Å². The molecule has 2 rings (SSSR count). The summed E-state index contributed by atoms with van der Waals surface area (Å²) in [6.45, 7) is 3.55. The van der Waals surface area contributed by atoms with Gasteiger partial charge in [0, 0.05) is 18.8 Å². The number of hydrogen-bond acceptors (Lipinski definition) is 3. The quantitative estimate of drug-likeness (QED) is 0.920. The topological polar surface area (TPSA) is 52.2 Å². The summed E-state index contributed by atoms with van der Waals surface area (Å²) in [5, 5.41) is 6.93. The number of aromatic nitrogens is 2. The number of alkyl halides is 3. The maximum Gasteiger partial charge on any atom is 0.401 e. The Bertz CT molecular complexity index is 535. The van der Waals surface area contributed by atoms with Gasteiger partial charge >= 0.3 is 6.18 Å². The lowest BCUT2D eigenvalue weighted by atomic mass is 9.89. The van der Waals surface area contributed by atoms with Gasteiger partial charge in [0.25, 0.3) is 0 Å². The highest BCUT2D eigenvalue weighted by atomic mass is 19.4. The number of aromatic amines is 1. The average molecular weight is 332 g/mol. The summed E-state index contributed by atoms with van der Waals surface area (Å²) in [5.74, 6) is 0.111. The fourth-order valence-electron chi connectivity index (χ4n) is 3.05. The Morgan fingerprint density at radius 3 is 2.57 bits per heavy atom. The number of hydrogen-bond donors (Lipinski definition) is 1. The van der Waals surface area contributed by atoms with Crippen molar-refractivity contribution in [3.63, 3.8) is 0 Å². The number of rotatable bonds is 4. The molecule has 2 heterocycles. The first-order valence-electron chi connectivity index (χ1n) is 7.74. The molecule has 1 amide bonds. The highest BCUT2D eigenvalue weighted by Gasteiger charge is 2.35. The molecule has 23 heavy (non-hydrogen) atoms. The highest BCUT2D eigenvalue weighted by molar-refractivity contribution is 5.81. The fourth-order valence-corrected chi connectivity index (χ4v) is 3.05. The molecule has 1 fully saturated rings. The van der Waals surface area contributed by atoms with Crippen molar-refractivity contribution in [3.8, 4) is 0 Å². The van der Waals surface area contributed by atoms with Crippen molar-refractivity contribution in [2.24, 2.45) is 0 Å². The number of carbonyl (C=O) groups is 1. The minimum absolute atomic E-state index is 0.237. The SMILES string of the molecule is Cc1[nH]ncc1C1CCN(C(=O)C(C)N(C)CC(F)(F)F)CC1. The van der Waals surface area contributed by atoms with Crippen molar-refractivity contribution >= 4 is 5.91 Å². The Balaban J connectivity index is 1.89. The lowest BCUT2D eigenvalue weighted by Gasteiger charge is -2.35. The largest absolute Gasteiger partial charge is 0.401 e. The summed E-state index contributed by atoms with van der Waals surface area (Å²) in [5.41, 5.74) is 2.20. The van der Waals surface area contributed by atoms with E-state index in [1.165, 1.54) is 19.5 Å². The Kier molecular flexibility index (Phi) is 5.33. The van der Waals surface area contributed by atoms with Gasteiger partial charge in [-0.25, -0.2) is 0 Å². The van der Waals surface area contributed by atoms with Crippen molar-refractivity contribution in [1.82, 2.24) is 20.0 Å². The standard InChI is InChI=1S/C15H23F3N4O/c1-10-13(8-19-20-10)12-4-6-22(7-5-12)14(23)11(2)21(3)9-15(16,17)18/h8,11-12H,4-7,9H2,1-3H3,(H,19,20). The third-order valence-corrected chi connectivity index (χ3v) is 4.56. The Morgan fingerprint density at radius 2 is 2.09 bits per heavy atom. The first-order valence-corrected chi connectivity index (χ1v) is 7.74. The summed E-state index contributed by atoms with van der Waals surface area (Å²) < 4.78 is 37.3. The lowest BCUT2D eigenvalue weighted by Crippen LogP contribution is -2.50. The molecule has 130 valence electrons. The minimum atomic E-state index is -4.30. The molecule has 1 aromatic heterocycles. The molecule has 0 radical (unpaired) electrons. The van der Waals surface area contributed by atoms with Crippen LogP contribution in [0.25, 0.3) is 0 Å². The molecule has 0 aliphatic carbocycles. The number of aryl methyl sites for hydroxylation is 1. The predicted octanol–water partition coefficient (Wildman–Crippen LogP) is 2.31. The number of amides is 1. The molecule has 1 aromatic rings. The molecule has 1 saturated heterocycles. The average Bonchev–Trinajstić information content (AvgIpc) is 2.90. The maximum absolute atomic E-state index is 12.4. The molecule has 1 N–H and O–H groups in total. The monoisotopic (exact) mass is 332 g/mol. The fraction of sp³-hybridized carbons (Fsp3) is 0.733. The molecular formula is C15H23F3N4O. The van der Waals surface area contributed by atoms with Crippen LogP contribution in [0.1, 0.15) is 36.9 Å². The Labute approximate surface area is 133 Å². The van der Waals surface area contributed by atoms with Crippen LogP contribution in [0.2, 0.25) is 0 Å². The zero-order valence-corrected chi connectivity index (χ0v) is 13.7. The van der Waals surface area contributed by atoms with Crippen LogP contribution < -0.4 is 0 Å². The van der Waals surface area contributed by atoms with Crippen LogP contribution in [0.4, 0.5) is 13.2 Å². The second kappa shape index (κ2) is 6.90. The van der Waals surface area contributed by atoms with Gasteiger partial charge < -0.3 is 4.90 Å². The summed E-state index contributed by atoms with van der Waals surface area (Å²) in [6.07, 6.45) is -0.865. The molecule has 0 spiro atoms. The van der Waals surface area contributed by atoms with E-state index in [-0.39, 0.29) is 5.91 Å². The van der Waals surface area contributed by atoms with E-state index >= 15 is 0 Å². The van der Waals surface area contributed by atoms with Crippen LogP contribution in [-0.4, -0.2) is 64.8 Å². The molecule has 1 aliphatic rings. The number of likely N-dealkylation sites (N-methyl/N-ethyl adjacent to an activating group) is 1. The number of H-pyrrole nitrogens is 1. The van der Waals surface area contributed by atoms with E-state index in [2.05, 4.69) is 10.2 Å². The molecule has 5 nitrogen and oxygen atoms in total. The first-order chi connectivity index (χ1) is 10.7. The Hall–Kier alpha value is -1.57. The lowest BCUT2D eigenvalue weighted by molar-refractivity contribution is -0.155. The van der Waals surface area contributed by atoms with Gasteiger partial charge in [-0.2, -0.15) is 18.3 Å². The highest BCUT2D eigenvalue weighted by Crippen LogP contribution is 2.29. The second-order valence-electron chi connectivity index (χ2n) is 6.26. The summed E-state index contributed by atoms with van der Waals surface area (Å²) in [6, 6.07) is -0.774. The van der Waals surface area contributed by atoms with Gasteiger partial charge in [0.15, 0.2) is 0 Å². The molecule has 1 aliphatic heterocycles. The Morgan fingerprint density at radius 1 is 1.48 bits per heavy atom. The van der Waals surface area contributed by atoms with Crippen LogP contribution in [0.15, 0.2) is 6.20 Å². The molecular weight excluding hydrogens is 309 g/mol. The van der Waals surface area contributed by atoms with Gasteiger partial charge in [0.1, 0.15) is 0 Å². The number of likely N-dealkylation sites (tertiary alicyclic amines) is 1. The maximum atomic E-state index is 12.4. The third kappa shape index (κ3) is 4.46. The van der Waals surface area contributed by atoms with Crippen LogP contribution in [-0.2, 0) is 4.79 Å². The molecule has 0 bridgehead atoms. The molecule has 8 heteroatoms. The molecule has 0 saturated carbocycles. The zero-order chi connectivity index (χ0) is 17.2. The van der Waals surface area contributed by atoms with Gasteiger partial charge in [-0.3, -0.25) is 14.8 Å². The molecule has 0 aromatic carbocycles. The van der Waals surface area contributed by atoms with Crippen LogP contribution in [0, 0.1) is 6.92 Å². The number of piperidine rings is 1. The van der Waals surface area contributed by atoms with Crippen molar-refractivity contribution in [1.29, 1.82) is 0 Å². The third-order valence-electron chi connectivity index (χ3n) is 4.56. The normalized spacial score (nSPS) is 18.5. The van der Waals surface area contributed by atoms with Gasteiger partial charge in [-0.15, -0.1) is 0 Å². The first kappa shape index (κ1) is 17.8. The van der Waals surface area contributed by atoms with Crippen LogP contribution in [0.5, 0.6) is 0 Å². The number of nitrogens with one attached hydrogen (secondary N) is 1. The van der Waals surface area contributed by atoms with E-state index < -0.39 is 18.8 Å². The number of halogens is 3. The number of nitrogens with zero attached hydrogens (tertiary/aromatic N) is 3. The van der Waals surface area contributed by atoms with Gasteiger partial charge in [-0.1, -0.05) is 0 Å². The molecule has 1 atom stereocenters. The van der Waals surface area contributed by atoms with E-state index in [9.17, 15) is 18.0 Å². The van der Waals surface area contributed by atoms with E-state index in [4.69, 9.17) is 0 Å². The van der Waals surface area contributed by atoms with Gasteiger partial charge in [0.2, 0.25) is 5.91 Å². The summed E-state index contributed by atoms with van der Waals surface area (Å²) >= 11 is 0. The second-order valence-corrected chi connectivity index (χ2v) is 6.26. The van der Waals surface area contributed by atoms with E-state index in [1.807, 2.05) is 13.1 Å². The minimum Gasteiger partial charge on any atom is -0.341 e. The van der Waals surface area contributed by atoms with Crippen LogP contribution >= 0.6 is 0 Å². The summed E-state index contributed by atoms with van der Waals surface area (Å²) in [4.78, 5) is 15.1. The van der Waals surface area contributed by atoms with Crippen molar-refractivity contribution in [2.45, 2.75) is 44.8 Å². The van der Waals surface area contributed by atoms with Crippen molar-refractivity contribution in [3.05, 3.63) is 17.5 Å². The van der Waals surface area contributed by atoms with E-state index in [0.29, 0.717) is 19.0 Å². The van der Waals surface area contributed by atoms with E-state index in [1.54, 1.807) is 4.90 Å². The van der Waals surface area contributed by atoms with Crippen molar-refractivity contribution < 1.29 is 18.0 Å². The summed E-state index contributed by atoms with van der Waals surface area (Å²) in [7, 11) is 1.33. The predicted molar refractivity (Wildman–Crippen MR) is 80.0 cm³/mol. The number of carbonyl (C=O) groups excluding carboxylic acids is 1. The van der Waals surface area contributed by atoms with Gasteiger partial charge in [0.05, 0.1) is 18.8 Å². The smallest absolute Gasteiger partial charge is 0.341 e. The zero-order valence-electron chi connectivity index (χ0n) is 13.7. The van der Waals surface area contributed by atoms with Crippen molar-refractivity contribution in [2.75, 3.05) is 26.7 Å². The van der Waals surface area contributed by atoms with Gasteiger partial charge in [-0.05, 0) is 45.2 Å². The van der Waals surface area contributed by atoms with Crippen LogP contribution in [0.3, 0.4) is 0 Å².